The van der Waals surface area contributed by atoms with Gasteiger partial charge >= 0.3 is 6.18 Å². The van der Waals surface area contributed by atoms with Crippen molar-refractivity contribution in [3.63, 3.8) is 0 Å². The molecular weight excluding hydrogens is 401 g/mol. The quantitative estimate of drug-likeness (QED) is 0.764. The van der Waals surface area contributed by atoms with Gasteiger partial charge in [0, 0.05) is 31.0 Å². The number of carbonyl (C=O) groups excluding carboxylic acids is 1. The van der Waals surface area contributed by atoms with Crippen LogP contribution >= 0.6 is 11.8 Å². The molecule has 0 saturated carbocycles. The van der Waals surface area contributed by atoms with Gasteiger partial charge in [-0.25, -0.2) is 9.97 Å². The third-order valence-corrected chi connectivity index (χ3v) is 5.65. The molecule has 1 aliphatic rings. The lowest BCUT2D eigenvalue weighted by molar-refractivity contribution is -0.141. The molecule has 1 saturated heterocycles. The number of alkyl halides is 3. The predicted molar refractivity (Wildman–Crippen MR) is 108 cm³/mol. The maximum atomic E-state index is 13.0. The maximum Gasteiger partial charge on any atom is 0.433 e. The highest BCUT2D eigenvalue weighted by atomic mass is 32.2. The van der Waals surface area contributed by atoms with Crippen molar-refractivity contribution < 1.29 is 18.0 Å². The lowest BCUT2D eigenvalue weighted by Gasteiger charge is -2.33. The molecule has 1 N–H and O–H groups in total. The number of carbonyl (C=O) groups is 1. The third-order valence-electron chi connectivity index (χ3n) is 4.64. The Morgan fingerprint density at radius 3 is 2.55 bits per heavy atom. The molecule has 0 bridgehead atoms. The molecule has 1 aliphatic heterocycles. The minimum absolute atomic E-state index is 0.0124. The molecule has 2 aromatic rings. The Morgan fingerprint density at radius 1 is 1.21 bits per heavy atom. The van der Waals surface area contributed by atoms with E-state index in [0.717, 1.165) is 11.8 Å². The smallest absolute Gasteiger partial charge is 0.356 e. The number of nitrogens with one attached hydrogen (secondary N) is 1. The molecule has 0 aliphatic carbocycles. The monoisotopic (exact) mass is 424 g/mol. The highest BCUT2D eigenvalue weighted by molar-refractivity contribution is 7.99. The number of piperidine rings is 1. The first-order chi connectivity index (χ1) is 13.8. The maximum absolute atomic E-state index is 13.0. The van der Waals surface area contributed by atoms with E-state index < -0.39 is 11.9 Å². The molecular formula is C20H23F3N4OS. The van der Waals surface area contributed by atoms with Crippen LogP contribution in [0.3, 0.4) is 0 Å². The molecule has 1 amide bonds. The summed E-state index contributed by atoms with van der Waals surface area (Å²) in [6.45, 7) is 2.53. The molecule has 0 spiro atoms. The summed E-state index contributed by atoms with van der Waals surface area (Å²) in [5.41, 5.74) is 0.253. The first-order valence-electron chi connectivity index (χ1n) is 9.40. The van der Waals surface area contributed by atoms with Crippen molar-refractivity contribution in [3.8, 4) is 0 Å². The number of aryl methyl sites for hydroxylation is 1. The van der Waals surface area contributed by atoms with Gasteiger partial charge in [-0.1, -0.05) is 30.3 Å². The summed E-state index contributed by atoms with van der Waals surface area (Å²) in [7, 11) is 0. The summed E-state index contributed by atoms with van der Waals surface area (Å²) < 4.78 is 38.9. The third kappa shape index (κ3) is 6.35. The number of thioether (sulfide) groups is 1. The van der Waals surface area contributed by atoms with E-state index in [-0.39, 0.29) is 23.6 Å². The predicted octanol–water partition coefficient (Wildman–Crippen LogP) is 3.82. The second-order valence-corrected chi connectivity index (χ2v) is 7.95. The zero-order valence-electron chi connectivity index (χ0n) is 16.1. The van der Waals surface area contributed by atoms with Crippen LogP contribution in [0.1, 0.15) is 29.9 Å². The van der Waals surface area contributed by atoms with Gasteiger partial charge in [0.1, 0.15) is 17.3 Å². The summed E-state index contributed by atoms with van der Waals surface area (Å²) in [6.07, 6.45) is -3.16. The fourth-order valence-corrected chi connectivity index (χ4v) is 4.02. The fraction of sp³-hybridized carbons (Fsp3) is 0.450. The van der Waals surface area contributed by atoms with Gasteiger partial charge < -0.3 is 10.2 Å². The van der Waals surface area contributed by atoms with E-state index in [1.165, 1.54) is 12.5 Å². The van der Waals surface area contributed by atoms with Crippen molar-refractivity contribution in [2.75, 3.05) is 23.7 Å². The number of hydrogen-bond donors (Lipinski definition) is 1. The van der Waals surface area contributed by atoms with Gasteiger partial charge in [0.05, 0.1) is 5.75 Å². The summed E-state index contributed by atoms with van der Waals surface area (Å²) in [5, 5.41) is 3.02. The number of benzene rings is 1. The van der Waals surface area contributed by atoms with Gasteiger partial charge in [-0.15, -0.1) is 11.8 Å². The Kier molecular flexibility index (Phi) is 7.00. The molecule has 1 aromatic carbocycles. The first-order valence-corrected chi connectivity index (χ1v) is 10.6. The highest BCUT2D eigenvalue weighted by Gasteiger charge is 2.34. The number of halogens is 3. The molecule has 1 fully saturated rings. The van der Waals surface area contributed by atoms with Gasteiger partial charge in [0.15, 0.2) is 0 Å². The largest absolute Gasteiger partial charge is 0.433 e. The average Bonchev–Trinajstić information content (AvgIpc) is 2.68. The highest BCUT2D eigenvalue weighted by Crippen LogP contribution is 2.30. The molecule has 0 atom stereocenters. The van der Waals surface area contributed by atoms with E-state index in [1.54, 1.807) is 11.8 Å². The van der Waals surface area contributed by atoms with Crippen LogP contribution in [0.25, 0.3) is 0 Å². The lowest BCUT2D eigenvalue weighted by atomic mass is 10.0. The van der Waals surface area contributed by atoms with Crippen LogP contribution in [-0.2, 0) is 16.7 Å². The van der Waals surface area contributed by atoms with Gasteiger partial charge in [-0.2, -0.15) is 13.2 Å². The number of nitrogens with zero attached hydrogens (tertiary/aromatic N) is 3. The topological polar surface area (TPSA) is 58.1 Å². The summed E-state index contributed by atoms with van der Waals surface area (Å²) in [5.74, 6) is 1.53. The Hall–Kier alpha value is -2.29. The van der Waals surface area contributed by atoms with E-state index >= 15 is 0 Å². The van der Waals surface area contributed by atoms with Crippen LogP contribution in [-0.4, -0.2) is 40.8 Å². The second kappa shape index (κ2) is 9.47. The number of rotatable bonds is 6. The zero-order valence-corrected chi connectivity index (χ0v) is 16.9. The first kappa shape index (κ1) is 21.4. The fourth-order valence-electron chi connectivity index (χ4n) is 3.22. The minimum Gasteiger partial charge on any atom is -0.356 e. The molecule has 9 heteroatoms. The molecule has 156 valence electrons. The van der Waals surface area contributed by atoms with Crippen LogP contribution in [0.15, 0.2) is 36.4 Å². The summed E-state index contributed by atoms with van der Waals surface area (Å²) in [6, 6.07) is 11.0. The van der Waals surface area contributed by atoms with E-state index in [2.05, 4.69) is 15.3 Å². The lowest BCUT2D eigenvalue weighted by Crippen LogP contribution is -2.45. The Bertz CT molecular complexity index is 824. The molecule has 3 rings (SSSR count). The van der Waals surface area contributed by atoms with Crippen molar-refractivity contribution in [1.82, 2.24) is 15.3 Å². The Balaban J connectivity index is 1.45. The van der Waals surface area contributed by atoms with Crippen molar-refractivity contribution in [3.05, 3.63) is 53.5 Å². The van der Waals surface area contributed by atoms with E-state index in [0.29, 0.717) is 31.7 Å². The molecule has 0 unspecified atom stereocenters. The summed E-state index contributed by atoms with van der Waals surface area (Å²) in [4.78, 5) is 21.6. The van der Waals surface area contributed by atoms with E-state index in [1.807, 2.05) is 35.2 Å². The van der Waals surface area contributed by atoms with Gasteiger partial charge in [-0.3, -0.25) is 4.79 Å². The Morgan fingerprint density at radius 2 is 1.90 bits per heavy atom. The number of anilines is 1. The van der Waals surface area contributed by atoms with Crippen molar-refractivity contribution in [2.45, 2.75) is 37.7 Å². The number of amides is 1. The van der Waals surface area contributed by atoms with Crippen molar-refractivity contribution in [1.29, 1.82) is 0 Å². The molecule has 29 heavy (non-hydrogen) atoms. The van der Waals surface area contributed by atoms with Gasteiger partial charge in [0.25, 0.3) is 0 Å². The number of aromatic nitrogens is 2. The second-order valence-electron chi connectivity index (χ2n) is 6.96. The van der Waals surface area contributed by atoms with Gasteiger partial charge in [0.2, 0.25) is 5.91 Å². The van der Waals surface area contributed by atoms with Crippen molar-refractivity contribution in [2.24, 2.45) is 0 Å². The van der Waals surface area contributed by atoms with Crippen molar-refractivity contribution >= 4 is 23.5 Å². The standard InChI is InChI=1S/C20H23F3N4OS/c1-14-24-17(20(21,22)23)11-18(25-14)27-9-7-16(8-10-27)26-19(28)13-29-12-15-5-3-2-4-6-15/h2-6,11,16H,7-10,12-13H2,1H3,(H,26,28). The SMILES string of the molecule is Cc1nc(N2CCC(NC(=O)CSCc3ccccc3)CC2)cc(C(F)(F)F)n1. The van der Waals surface area contributed by atoms with E-state index in [9.17, 15) is 18.0 Å². The van der Waals surface area contributed by atoms with Crippen LogP contribution in [0.5, 0.6) is 0 Å². The van der Waals surface area contributed by atoms with Crippen LogP contribution in [0, 0.1) is 6.92 Å². The van der Waals surface area contributed by atoms with Crippen LogP contribution < -0.4 is 10.2 Å². The molecule has 0 radical (unpaired) electrons. The van der Waals surface area contributed by atoms with Crippen LogP contribution in [0.4, 0.5) is 19.0 Å². The zero-order chi connectivity index (χ0) is 20.9. The van der Waals surface area contributed by atoms with Gasteiger partial charge in [-0.05, 0) is 25.3 Å². The molecule has 5 nitrogen and oxygen atoms in total. The molecule has 2 heterocycles. The molecule has 1 aromatic heterocycles. The minimum atomic E-state index is -4.49. The Labute approximate surface area is 172 Å². The van der Waals surface area contributed by atoms with E-state index in [4.69, 9.17) is 0 Å². The number of hydrogen-bond acceptors (Lipinski definition) is 5. The normalized spacial score (nSPS) is 15.4. The summed E-state index contributed by atoms with van der Waals surface area (Å²) >= 11 is 1.56. The average molecular weight is 424 g/mol. The van der Waals surface area contributed by atoms with Crippen LogP contribution in [0.2, 0.25) is 0 Å².